The second-order valence-corrected chi connectivity index (χ2v) is 23.0. The van der Waals surface area contributed by atoms with E-state index in [1.54, 1.807) is 0 Å². The van der Waals surface area contributed by atoms with Crippen molar-refractivity contribution in [1.29, 1.82) is 0 Å². The van der Waals surface area contributed by atoms with Gasteiger partial charge in [-0.2, -0.15) is 13.0 Å². The molecule has 0 spiro atoms. The van der Waals surface area contributed by atoms with E-state index in [0.717, 1.165) is 52.6 Å². The first kappa shape index (κ1) is 51.3. The van der Waals surface area contributed by atoms with Crippen molar-refractivity contribution in [2.24, 2.45) is 5.84 Å². The van der Waals surface area contributed by atoms with Gasteiger partial charge in [0, 0.05) is 78.6 Å². The van der Waals surface area contributed by atoms with Gasteiger partial charge in [-0.3, -0.25) is 14.8 Å². The number of benzene rings is 3. The highest BCUT2D eigenvalue weighted by atomic mass is 32.2. The maximum atomic E-state index is 13.6. The van der Waals surface area contributed by atoms with Crippen LogP contribution in [0.5, 0.6) is 5.75 Å². The summed E-state index contributed by atoms with van der Waals surface area (Å²) in [6, 6.07) is 21.2. The molecule has 0 bridgehead atoms. The van der Waals surface area contributed by atoms with Crippen LogP contribution < -0.4 is 20.9 Å². The van der Waals surface area contributed by atoms with Gasteiger partial charge in [-0.15, -0.1) is 0 Å². The normalized spacial score (nSPS) is 17.7. The minimum absolute atomic E-state index is 0.0877. The molecule has 0 aromatic heterocycles. The van der Waals surface area contributed by atoms with E-state index < -0.39 is 25.4 Å². The lowest BCUT2D eigenvalue weighted by atomic mass is 9.81. The molecule has 3 aliphatic rings. The van der Waals surface area contributed by atoms with Crippen LogP contribution in [0, 0.1) is 6.92 Å². The zero-order valence-electron chi connectivity index (χ0n) is 40.5. The number of hydrogen-bond acceptors (Lipinski definition) is 8. The van der Waals surface area contributed by atoms with Crippen LogP contribution in [0.4, 0.5) is 11.4 Å². The first-order chi connectivity index (χ1) is 31.7. The summed E-state index contributed by atoms with van der Waals surface area (Å²) in [5, 5.41) is -1.28. The Kier molecular flexibility index (Phi) is 16.4. The number of hydrazine groups is 1. The second kappa shape index (κ2) is 21.5. The molecule has 14 heteroatoms. The lowest BCUT2D eigenvalue weighted by Crippen LogP contribution is -2.44. The van der Waals surface area contributed by atoms with Gasteiger partial charge in [0.2, 0.25) is 21.6 Å². The van der Waals surface area contributed by atoms with Crippen molar-refractivity contribution in [2.75, 3.05) is 36.8 Å². The van der Waals surface area contributed by atoms with Crippen molar-refractivity contribution >= 4 is 60.0 Å². The van der Waals surface area contributed by atoms with Crippen molar-refractivity contribution in [2.45, 2.75) is 117 Å². The number of hydrogen-bond donors (Lipinski definition) is 3. The number of carbonyl (C=O) groups is 1. The van der Waals surface area contributed by atoms with Gasteiger partial charge in [0.1, 0.15) is 18.1 Å². The number of aryl methyl sites for hydroxylation is 1. The summed E-state index contributed by atoms with van der Waals surface area (Å²) in [5.41, 5.74) is 13.1. The molecule has 4 N–H and O–H groups in total. The van der Waals surface area contributed by atoms with Crippen LogP contribution in [0.3, 0.4) is 0 Å². The largest absolute Gasteiger partial charge is 0.456 e. The van der Waals surface area contributed by atoms with Crippen LogP contribution >= 0.6 is 0 Å². The maximum Gasteiger partial charge on any atom is 0.268 e. The van der Waals surface area contributed by atoms with E-state index in [0.29, 0.717) is 38.6 Å². The molecule has 0 saturated carbocycles. The van der Waals surface area contributed by atoms with Crippen LogP contribution in [0.15, 0.2) is 103 Å². The average Bonchev–Trinajstić information content (AvgIpc) is 3.47. The van der Waals surface area contributed by atoms with Gasteiger partial charge >= 0.3 is 0 Å². The molecule has 0 radical (unpaired) electrons. The molecule has 12 nitrogen and oxygen atoms in total. The summed E-state index contributed by atoms with van der Waals surface area (Å²) in [5.74, 6) is 6.33. The van der Waals surface area contributed by atoms with Gasteiger partial charge in [0.05, 0.1) is 22.0 Å². The molecule has 3 aromatic rings. The SMILES string of the molecule is CCN1c2cc3c(cc2C(C)=CC1(C)C)/C(=C/C=C/C=C/C1=[N+](CCCCCS(=O)(=O)N(CCCCCC(=O)NN)CC(C)S(=O)(=O)O)c2ccc(C)cc2C1(C)C)C=C(c1ccccc1)O3. The van der Waals surface area contributed by atoms with E-state index in [4.69, 9.17) is 10.6 Å². The number of anilines is 1. The van der Waals surface area contributed by atoms with Crippen molar-refractivity contribution in [3.05, 3.63) is 131 Å². The highest BCUT2D eigenvalue weighted by Crippen LogP contribution is 2.47. The van der Waals surface area contributed by atoms with E-state index in [-0.39, 0.29) is 42.1 Å². The fourth-order valence-corrected chi connectivity index (χ4v) is 11.7. The zero-order valence-corrected chi connectivity index (χ0v) is 42.1. The van der Waals surface area contributed by atoms with Crippen LogP contribution in [0.25, 0.3) is 16.9 Å². The average molecular weight is 953 g/mol. The third-order valence-electron chi connectivity index (χ3n) is 13.2. The number of carbonyl (C=O) groups excluding carboxylic acids is 1. The zero-order chi connectivity index (χ0) is 48.7. The minimum atomic E-state index is -4.44. The standard InChI is InChI=1S/C53H69N5O7S2/c1-9-58-47-35-49-44(34-43(47)39(3)36-52(58,5)6)42(33-48(65-49)41-22-14-10-15-23-41)24-16-11-17-25-50-53(7,8)45-32-38(2)27-28-46(45)57(50)30-20-13-21-31-66(60,61)56(37-40(4)67(62,63)64)29-19-12-18-26-51(59)55-54/h10-11,14-17,22-25,27-28,32-36,40H,9,12-13,18-21,26,29-31,37,54H2,1-8H3,(H-,55,59,62,63,64)/p+1. The second-order valence-electron chi connectivity index (χ2n) is 19.1. The number of sulfonamides is 1. The number of amides is 1. The Bertz CT molecular complexity index is 2730. The molecule has 1 unspecified atom stereocenters. The summed E-state index contributed by atoms with van der Waals surface area (Å²) in [4.78, 5) is 13.9. The van der Waals surface area contributed by atoms with Crippen molar-refractivity contribution in [1.82, 2.24) is 9.73 Å². The first-order valence-electron chi connectivity index (χ1n) is 23.5. The van der Waals surface area contributed by atoms with E-state index in [9.17, 15) is 26.2 Å². The number of allylic oxidation sites excluding steroid dienone is 8. The highest BCUT2D eigenvalue weighted by molar-refractivity contribution is 7.89. The number of rotatable bonds is 21. The Labute approximate surface area is 399 Å². The van der Waals surface area contributed by atoms with Crippen molar-refractivity contribution in [3.8, 4) is 5.75 Å². The molecule has 3 aliphatic heterocycles. The molecular weight excluding hydrogens is 883 g/mol. The van der Waals surface area contributed by atoms with Gasteiger partial charge in [0.25, 0.3) is 10.1 Å². The molecule has 3 aromatic carbocycles. The highest BCUT2D eigenvalue weighted by Gasteiger charge is 2.44. The van der Waals surface area contributed by atoms with E-state index in [2.05, 4.69) is 148 Å². The van der Waals surface area contributed by atoms with Crippen molar-refractivity contribution < 1.29 is 35.5 Å². The Morgan fingerprint density at radius 2 is 1.66 bits per heavy atom. The number of nitrogens with zero attached hydrogens (tertiary/aromatic N) is 3. The number of likely N-dealkylation sites (N-methyl/N-ethyl adjacent to an activating group) is 1. The number of ether oxygens (including phenoxy) is 1. The van der Waals surface area contributed by atoms with Crippen LogP contribution in [0.2, 0.25) is 0 Å². The summed E-state index contributed by atoms with van der Waals surface area (Å²) in [6.45, 7) is 18.1. The first-order valence-corrected chi connectivity index (χ1v) is 26.6. The number of nitrogens with two attached hydrogens (primary N) is 1. The monoisotopic (exact) mass is 952 g/mol. The van der Waals surface area contributed by atoms with E-state index >= 15 is 0 Å². The molecule has 1 amide bonds. The number of fused-ring (bicyclic) bond motifs is 3. The van der Waals surface area contributed by atoms with Crippen LogP contribution in [-0.4, -0.2) is 84.6 Å². The minimum Gasteiger partial charge on any atom is -0.456 e. The summed E-state index contributed by atoms with van der Waals surface area (Å²) < 4.78 is 70.8. The Hall–Kier alpha value is -5.12. The van der Waals surface area contributed by atoms with Gasteiger partial charge in [-0.05, 0) is 110 Å². The predicted molar refractivity (Wildman–Crippen MR) is 274 cm³/mol. The van der Waals surface area contributed by atoms with E-state index in [1.165, 1.54) is 39.2 Å². The molecule has 67 heavy (non-hydrogen) atoms. The van der Waals surface area contributed by atoms with Crippen LogP contribution in [0.1, 0.15) is 121 Å². The molecule has 0 aliphatic carbocycles. The molecular formula is C53H70N5O7S2+. The van der Waals surface area contributed by atoms with Gasteiger partial charge in [-0.25, -0.2) is 18.6 Å². The summed E-state index contributed by atoms with van der Waals surface area (Å²) in [6.07, 6.45) is 18.5. The molecule has 3 heterocycles. The van der Waals surface area contributed by atoms with Gasteiger partial charge in [0.15, 0.2) is 5.71 Å². The third kappa shape index (κ3) is 12.1. The lowest BCUT2D eigenvalue weighted by molar-refractivity contribution is -0.438. The summed E-state index contributed by atoms with van der Waals surface area (Å²) >= 11 is 0. The number of unbranched alkanes of at least 4 members (excludes halogenated alkanes) is 4. The fraction of sp³-hybridized carbons (Fsp3) is 0.434. The summed E-state index contributed by atoms with van der Waals surface area (Å²) in [7, 11) is -8.28. The molecule has 0 saturated heterocycles. The lowest BCUT2D eigenvalue weighted by Gasteiger charge is -2.43. The Morgan fingerprint density at radius 1 is 0.925 bits per heavy atom. The Balaban J connectivity index is 1.20. The maximum absolute atomic E-state index is 13.6. The third-order valence-corrected chi connectivity index (χ3v) is 16.3. The van der Waals surface area contributed by atoms with Crippen molar-refractivity contribution in [3.63, 3.8) is 0 Å². The van der Waals surface area contributed by atoms with E-state index in [1.807, 2.05) is 18.2 Å². The predicted octanol–water partition coefficient (Wildman–Crippen LogP) is 9.65. The fourth-order valence-electron chi connectivity index (χ4n) is 9.55. The topological polar surface area (TPSA) is 162 Å². The molecule has 1 atom stereocenters. The van der Waals surface area contributed by atoms with Gasteiger partial charge in [-0.1, -0.05) is 78.8 Å². The molecule has 360 valence electrons. The van der Waals surface area contributed by atoms with Crippen LogP contribution in [-0.2, 0) is 30.4 Å². The molecule has 0 fully saturated rings. The Morgan fingerprint density at radius 3 is 2.36 bits per heavy atom. The smallest absolute Gasteiger partial charge is 0.268 e. The van der Waals surface area contributed by atoms with Gasteiger partial charge < -0.3 is 9.64 Å². The molecule has 6 rings (SSSR count). The quantitative estimate of drug-likeness (QED) is 0.0180. The number of nitrogens with one attached hydrogen (secondary N) is 1.